The van der Waals surface area contributed by atoms with Gasteiger partial charge in [-0.15, -0.1) is 0 Å². The first-order valence-electron chi connectivity index (χ1n) is 3.19. The van der Waals surface area contributed by atoms with Crippen LogP contribution in [0.15, 0.2) is 13.8 Å². The van der Waals surface area contributed by atoms with E-state index in [1.165, 1.54) is 0 Å². The molecule has 0 bridgehead atoms. The predicted octanol–water partition coefficient (Wildman–Crippen LogP) is 1.98. The Hall–Kier alpha value is -0.160. The average Bonchev–Trinajstić information content (AvgIpc) is 2.31. The highest BCUT2D eigenvalue weighted by Gasteiger charge is 2.07. The normalized spacial score (nSPS) is 10.4. The molecule has 11 heavy (non-hydrogen) atoms. The molecule has 0 amide bonds. The van der Waals surface area contributed by atoms with Crippen LogP contribution >= 0.6 is 27.7 Å². The van der Waals surface area contributed by atoms with Crippen molar-refractivity contribution < 1.29 is 4.52 Å². The van der Waals surface area contributed by atoms with Crippen molar-refractivity contribution in [2.45, 2.75) is 12.7 Å². The van der Waals surface area contributed by atoms with Gasteiger partial charge in [0.15, 0.2) is 5.76 Å². The van der Waals surface area contributed by atoms with Crippen molar-refractivity contribution in [2.24, 2.45) is 0 Å². The van der Waals surface area contributed by atoms with Crippen molar-refractivity contribution in [1.29, 1.82) is 0 Å². The van der Waals surface area contributed by atoms with Gasteiger partial charge in [-0.05, 0) is 21.7 Å². The van der Waals surface area contributed by atoms with Gasteiger partial charge in [0.1, 0.15) is 4.47 Å². The Kier molecular flexibility index (Phi) is 3.26. The van der Waals surface area contributed by atoms with Crippen LogP contribution in [0.3, 0.4) is 0 Å². The molecule has 0 fully saturated rings. The van der Waals surface area contributed by atoms with Crippen LogP contribution in [0.4, 0.5) is 0 Å². The van der Waals surface area contributed by atoms with Gasteiger partial charge >= 0.3 is 0 Å². The van der Waals surface area contributed by atoms with Gasteiger partial charge in [0.2, 0.25) is 0 Å². The standard InChI is InChI=1S/C6H8BrNO2S/c1-2-11-3-4-5(7)6(9)8-10-4/h2-3H2,1H3,(H,8,9). The number of rotatable bonds is 3. The number of hydrogen-bond acceptors (Lipinski definition) is 3. The van der Waals surface area contributed by atoms with Crippen LogP contribution in [0, 0.1) is 0 Å². The maximum absolute atomic E-state index is 10.8. The van der Waals surface area contributed by atoms with Crippen molar-refractivity contribution in [1.82, 2.24) is 5.16 Å². The predicted molar refractivity (Wildman–Crippen MR) is 48.9 cm³/mol. The Balaban J connectivity index is 2.71. The second kappa shape index (κ2) is 4.01. The number of hydrogen-bond donors (Lipinski definition) is 1. The van der Waals surface area contributed by atoms with Gasteiger partial charge in [-0.3, -0.25) is 4.79 Å². The summed E-state index contributed by atoms with van der Waals surface area (Å²) in [5, 5.41) is 2.26. The van der Waals surface area contributed by atoms with E-state index in [1.54, 1.807) is 11.8 Å². The van der Waals surface area contributed by atoms with Gasteiger partial charge in [0, 0.05) is 0 Å². The van der Waals surface area contributed by atoms with E-state index >= 15 is 0 Å². The molecule has 0 atom stereocenters. The van der Waals surface area contributed by atoms with Crippen molar-refractivity contribution in [3.8, 4) is 0 Å². The average molecular weight is 238 g/mol. The molecular formula is C6H8BrNO2S. The van der Waals surface area contributed by atoms with Crippen LogP contribution in [-0.2, 0) is 5.75 Å². The Morgan fingerprint density at radius 3 is 2.91 bits per heavy atom. The molecule has 0 aliphatic rings. The van der Waals surface area contributed by atoms with E-state index in [-0.39, 0.29) is 5.56 Å². The minimum absolute atomic E-state index is 0.197. The summed E-state index contributed by atoms with van der Waals surface area (Å²) in [7, 11) is 0. The summed E-state index contributed by atoms with van der Waals surface area (Å²) in [6.07, 6.45) is 0. The lowest BCUT2D eigenvalue weighted by atomic mass is 10.5. The summed E-state index contributed by atoms with van der Waals surface area (Å²) in [5.74, 6) is 2.43. The van der Waals surface area contributed by atoms with Crippen LogP contribution in [0.1, 0.15) is 12.7 Å². The van der Waals surface area contributed by atoms with Crippen LogP contribution in [-0.4, -0.2) is 10.9 Å². The summed E-state index contributed by atoms with van der Waals surface area (Å²) < 4.78 is 5.40. The highest BCUT2D eigenvalue weighted by molar-refractivity contribution is 9.10. The van der Waals surface area contributed by atoms with Crippen molar-refractivity contribution in [3.05, 3.63) is 20.6 Å². The fourth-order valence-corrected chi connectivity index (χ4v) is 1.69. The summed E-state index contributed by atoms with van der Waals surface area (Å²) in [4.78, 5) is 10.8. The quantitative estimate of drug-likeness (QED) is 0.875. The zero-order chi connectivity index (χ0) is 8.27. The summed E-state index contributed by atoms with van der Waals surface area (Å²) in [6, 6.07) is 0. The van der Waals surface area contributed by atoms with Gasteiger partial charge in [-0.2, -0.15) is 16.9 Å². The van der Waals surface area contributed by atoms with Crippen LogP contribution in [0.2, 0.25) is 0 Å². The van der Waals surface area contributed by atoms with Crippen LogP contribution in [0.5, 0.6) is 0 Å². The van der Waals surface area contributed by atoms with Crippen LogP contribution in [0.25, 0.3) is 0 Å². The molecule has 1 heterocycles. The smallest absolute Gasteiger partial charge is 0.294 e. The first kappa shape index (κ1) is 8.93. The highest BCUT2D eigenvalue weighted by Crippen LogP contribution is 2.17. The summed E-state index contributed by atoms with van der Waals surface area (Å²) >= 11 is 4.84. The van der Waals surface area contributed by atoms with E-state index in [0.717, 1.165) is 11.5 Å². The van der Waals surface area contributed by atoms with Gasteiger partial charge in [0.25, 0.3) is 5.56 Å². The molecule has 62 valence electrons. The number of aromatic amines is 1. The lowest BCUT2D eigenvalue weighted by molar-refractivity contribution is 0.389. The Morgan fingerprint density at radius 1 is 1.73 bits per heavy atom. The van der Waals surface area contributed by atoms with Crippen LogP contribution < -0.4 is 5.56 Å². The minimum Gasteiger partial charge on any atom is -0.381 e. The fraction of sp³-hybridized carbons (Fsp3) is 0.500. The molecule has 0 radical (unpaired) electrons. The van der Waals surface area contributed by atoms with E-state index in [2.05, 4.69) is 28.0 Å². The number of aromatic nitrogens is 1. The molecule has 0 spiro atoms. The molecule has 0 aliphatic carbocycles. The number of H-pyrrole nitrogens is 1. The second-order valence-electron chi connectivity index (χ2n) is 1.91. The molecule has 1 aromatic heterocycles. The number of nitrogens with one attached hydrogen (secondary N) is 1. The molecule has 3 nitrogen and oxygen atoms in total. The molecule has 0 saturated heterocycles. The third kappa shape index (κ3) is 2.13. The van der Waals surface area contributed by atoms with Crippen molar-refractivity contribution in [3.63, 3.8) is 0 Å². The maximum atomic E-state index is 10.8. The van der Waals surface area contributed by atoms with E-state index in [9.17, 15) is 4.79 Å². The lowest BCUT2D eigenvalue weighted by Gasteiger charge is -1.91. The molecular weight excluding hydrogens is 230 g/mol. The molecule has 1 N–H and O–H groups in total. The van der Waals surface area contributed by atoms with E-state index in [0.29, 0.717) is 10.2 Å². The second-order valence-corrected chi connectivity index (χ2v) is 3.97. The first-order chi connectivity index (χ1) is 5.25. The van der Waals surface area contributed by atoms with Gasteiger partial charge in [0.05, 0.1) is 5.75 Å². The number of halogens is 1. The van der Waals surface area contributed by atoms with Gasteiger partial charge < -0.3 is 4.52 Å². The molecule has 0 aromatic carbocycles. The van der Waals surface area contributed by atoms with E-state index in [1.807, 2.05) is 0 Å². The SMILES string of the molecule is CCSCc1o[nH]c(=O)c1Br. The van der Waals surface area contributed by atoms with Crippen molar-refractivity contribution in [2.75, 3.05) is 5.75 Å². The minimum atomic E-state index is -0.197. The third-order valence-electron chi connectivity index (χ3n) is 1.15. The van der Waals surface area contributed by atoms with E-state index < -0.39 is 0 Å². The largest absolute Gasteiger partial charge is 0.381 e. The van der Waals surface area contributed by atoms with Gasteiger partial charge in [-0.1, -0.05) is 6.92 Å². The molecule has 0 saturated carbocycles. The van der Waals surface area contributed by atoms with Crippen molar-refractivity contribution >= 4 is 27.7 Å². The zero-order valence-corrected chi connectivity index (χ0v) is 8.42. The Morgan fingerprint density at radius 2 is 2.45 bits per heavy atom. The monoisotopic (exact) mass is 237 g/mol. The molecule has 0 unspecified atom stereocenters. The Labute approximate surface area is 76.6 Å². The topological polar surface area (TPSA) is 46.0 Å². The van der Waals surface area contributed by atoms with Gasteiger partial charge in [-0.25, -0.2) is 0 Å². The molecule has 0 aliphatic heterocycles. The number of thioether (sulfide) groups is 1. The lowest BCUT2D eigenvalue weighted by Crippen LogP contribution is -1.97. The summed E-state index contributed by atoms with van der Waals surface area (Å²) in [6.45, 7) is 2.06. The fourth-order valence-electron chi connectivity index (χ4n) is 0.612. The zero-order valence-electron chi connectivity index (χ0n) is 6.02. The first-order valence-corrected chi connectivity index (χ1v) is 5.14. The maximum Gasteiger partial charge on any atom is 0.294 e. The summed E-state index contributed by atoms with van der Waals surface area (Å²) in [5.41, 5.74) is -0.197. The third-order valence-corrected chi connectivity index (χ3v) is 2.83. The molecule has 1 rings (SSSR count). The highest BCUT2D eigenvalue weighted by atomic mass is 79.9. The Bertz CT molecular complexity index is 280. The molecule has 5 heteroatoms. The van der Waals surface area contributed by atoms with E-state index in [4.69, 9.17) is 4.52 Å². The molecule has 1 aromatic rings.